The van der Waals surface area contributed by atoms with E-state index < -0.39 is 16.1 Å². The van der Waals surface area contributed by atoms with Crippen LogP contribution in [0.2, 0.25) is 5.02 Å². The zero-order valence-corrected chi connectivity index (χ0v) is 18.4. The van der Waals surface area contributed by atoms with Crippen molar-refractivity contribution in [3.8, 4) is 0 Å². The Morgan fingerprint density at radius 1 is 1.07 bits per heavy atom. The van der Waals surface area contributed by atoms with Crippen LogP contribution >= 0.6 is 27.5 Å². The maximum Gasteiger partial charge on any atom is 0.339 e. The van der Waals surface area contributed by atoms with Gasteiger partial charge in [-0.15, -0.1) is 0 Å². The Morgan fingerprint density at radius 2 is 1.79 bits per heavy atom. The molecular weight excluding hydrogens is 480 g/mol. The van der Waals surface area contributed by atoms with Gasteiger partial charge in [0.15, 0.2) is 5.03 Å². The van der Waals surface area contributed by atoms with Gasteiger partial charge in [0.1, 0.15) is 5.69 Å². The van der Waals surface area contributed by atoms with Crippen LogP contribution in [-0.2, 0) is 30.2 Å². The van der Waals surface area contributed by atoms with Gasteiger partial charge >= 0.3 is 6.03 Å². The Kier molecular flexibility index (Phi) is 5.14. The van der Waals surface area contributed by atoms with Gasteiger partial charge in [0.2, 0.25) is 0 Å². The topological polar surface area (TPSA) is 75.5 Å². The minimum atomic E-state index is -4.07. The van der Waals surface area contributed by atoms with Crippen molar-refractivity contribution in [1.29, 1.82) is 0 Å². The van der Waals surface area contributed by atoms with E-state index >= 15 is 0 Å². The number of sulfonamides is 1. The molecule has 0 bridgehead atoms. The van der Waals surface area contributed by atoms with Gasteiger partial charge in [-0.05, 0) is 35.4 Å². The number of fused-ring (bicyclic) bond motifs is 1. The molecule has 29 heavy (non-hydrogen) atoms. The molecule has 0 aliphatic carbocycles. The number of anilines is 1. The lowest BCUT2D eigenvalue weighted by Crippen LogP contribution is -2.50. The molecule has 0 fully saturated rings. The largest absolute Gasteiger partial charge is 0.339 e. The van der Waals surface area contributed by atoms with E-state index in [1.54, 1.807) is 31.3 Å². The maximum absolute atomic E-state index is 13.3. The smallest absolute Gasteiger partial charge is 0.285 e. The zero-order chi connectivity index (χ0) is 20.8. The number of aromatic nitrogens is 2. The summed E-state index contributed by atoms with van der Waals surface area (Å²) in [6, 6.07) is 13.6. The molecule has 0 saturated carbocycles. The lowest BCUT2D eigenvalue weighted by atomic mass is 10.2. The summed E-state index contributed by atoms with van der Waals surface area (Å²) in [5.74, 6) is 0. The van der Waals surface area contributed by atoms with Crippen LogP contribution in [0.5, 0.6) is 0 Å². The summed E-state index contributed by atoms with van der Waals surface area (Å²) >= 11 is 9.41. The van der Waals surface area contributed by atoms with Gasteiger partial charge in [0.25, 0.3) is 10.0 Å². The summed E-state index contributed by atoms with van der Waals surface area (Å²) < 4.78 is 29.5. The van der Waals surface area contributed by atoms with Crippen molar-refractivity contribution >= 4 is 49.3 Å². The van der Waals surface area contributed by atoms with Crippen LogP contribution in [0, 0.1) is 0 Å². The van der Waals surface area contributed by atoms with Crippen molar-refractivity contribution in [3.63, 3.8) is 0 Å². The SMILES string of the molecule is Cn1ncc2c1S(=O)(=O)N(Cc1cccc(Cl)c1)C(=O)N2Cc1ccc(Br)cc1. The molecule has 0 N–H and O–H groups in total. The minimum absolute atomic E-state index is 0.0174. The number of aryl methyl sites for hydroxylation is 1. The standard InChI is InChI=1S/C19H16BrClN4O3S/c1-23-18-17(10-22-23)24(11-13-5-7-15(20)8-6-13)19(26)25(29(18,27)28)12-14-3-2-4-16(21)9-14/h2-10H,11-12H2,1H3. The number of amides is 2. The van der Waals surface area contributed by atoms with Gasteiger partial charge in [0, 0.05) is 16.5 Å². The number of rotatable bonds is 4. The van der Waals surface area contributed by atoms with Crippen LogP contribution in [0.1, 0.15) is 11.1 Å². The van der Waals surface area contributed by atoms with Crippen molar-refractivity contribution in [2.45, 2.75) is 18.1 Å². The quantitative estimate of drug-likeness (QED) is 0.544. The lowest BCUT2D eigenvalue weighted by Gasteiger charge is -2.34. The first-order valence-corrected chi connectivity index (χ1v) is 11.2. The second kappa shape index (κ2) is 7.47. The molecule has 1 aromatic heterocycles. The van der Waals surface area contributed by atoms with E-state index in [-0.39, 0.29) is 23.8 Å². The average molecular weight is 496 g/mol. The van der Waals surface area contributed by atoms with Crippen LogP contribution in [-0.4, -0.2) is 28.5 Å². The summed E-state index contributed by atoms with van der Waals surface area (Å²) in [5.41, 5.74) is 1.74. The van der Waals surface area contributed by atoms with Crippen LogP contribution in [0.25, 0.3) is 0 Å². The Hall–Kier alpha value is -2.36. The van der Waals surface area contributed by atoms with Crippen molar-refractivity contribution in [3.05, 3.63) is 75.4 Å². The summed E-state index contributed by atoms with van der Waals surface area (Å²) in [4.78, 5) is 14.7. The van der Waals surface area contributed by atoms with Crippen LogP contribution in [0.3, 0.4) is 0 Å². The molecule has 0 atom stereocenters. The fourth-order valence-corrected chi connectivity index (χ4v) is 5.34. The highest BCUT2D eigenvalue weighted by Crippen LogP contribution is 2.36. The Morgan fingerprint density at radius 3 is 2.48 bits per heavy atom. The summed E-state index contributed by atoms with van der Waals surface area (Å²) in [6.45, 7) is 0.0928. The molecule has 4 rings (SSSR count). The normalized spacial score (nSPS) is 15.5. The fourth-order valence-electron chi connectivity index (χ4n) is 3.22. The first kappa shape index (κ1) is 19.9. The predicted octanol–water partition coefficient (Wildman–Crippen LogP) is 4.17. The number of nitrogens with zero attached hydrogens (tertiary/aromatic N) is 4. The van der Waals surface area contributed by atoms with Gasteiger partial charge in [0.05, 0.1) is 19.3 Å². The highest BCUT2D eigenvalue weighted by atomic mass is 79.9. The molecule has 0 saturated heterocycles. The third-order valence-corrected chi connectivity index (χ3v) is 7.20. The Labute approximate surface area is 181 Å². The van der Waals surface area contributed by atoms with Crippen LogP contribution in [0.15, 0.2) is 64.2 Å². The average Bonchev–Trinajstić information content (AvgIpc) is 3.06. The second-order valence-electron chi connectivity index (χ2n) is 6.60. The first-order chi connectivity index (χ1) is 13.8. The molecule has 2 heterocycles. The number of carbonyl (C=O) groups excluding carboxylic acids is 1. The predicted molar refractivity (Wildman–Crippen MR) is 113 cm³/mol. The zero-order valence-electron chi connectivity index (χ0n) is 15.3. The molecule has 2 amide bonds. The van der Waals surface area contributed by atoms with E-state index in [2.05, 4.69) is 21.0 Å². The van der Waals surface area contributed by atoms with Gasteiger partial charge in [-0.2, -0.15) is 13.5 Å². The molecule has 3 aromatic rings. The van der Waals surface area contributed by atoms with E-state index in [9.17, 15) is 13.2 Å². The van der Waals surface area contributed by atoms with E-state index in [1.807, 2.05) is 24.3 Å². The summed E-state index contributed by atoms with van der Waals surface area (Å²) in [5, 5.41) is 4.53. The fraction of sp³-hybridized carbons (Fsp3) is 0.158. The van der Waals surface area contributed by atoms with Gasteiger partial charge in [-0.1, -0.05) is 51.8 Å². The van der Waals surface area contributed by atoms with E-state index in [0.717, 1.165) is 14.3 Å². The molecule has 0 spiro atoms. The van der Waals surface area contributed by atoms with Gasteiger partial charge in [-0.25, -0.2) is 9.10 Å². The minimum Gasteiger partial charge on any atom is -0.285 e. The number of benzene rings is 2. The van der Waals surface area contributed by atoms with Crippen molar-refractivity contribution in [1.82, 2.24) is 14.1 Å². The Bertz CT molecular complexity index is 1190. The van der Waals surface area contributed by atoms with Crippen molar-refractivity contribution in [2.75, 3.05) is 4.90 Å². The highest BCUT2D eigenvalue weighted by Gasteiger charge is 2.44. The monoisotopic (exact) mass is 494 g/mol. The van der Waals surface area contributed by atoms with E-state index in [4.69, 9.17) is 11.6 Å². The summed E-state index contributed by atoms with van der Waals surface area (Å²) in [6.07, 6.45) is 1.40. The third-order valence-electron chi connectivity index (χ3n) is 4.60. The molecule has 150 valence electrons. The van der Waals surface area contributed by atoms with Crippen LogP contribution in [0.4, 0.5) is 10.5 Å². The van der Waals surface area contributed by atoms with Gasteiger partial charge in [-0.3, -0.25) is 9.58 Å². The molecule has 1 aliphatic heterocycles. The number of carbonyl (C=O) groups is 1. The molecular formula is C19H16BrClN4O3S. The second-order valence-corrected chi connectivity index (χ2v) is 9.73. The number of hydrogen-bond donors (Lipinski definition) is 0. The Balaban J connectivity index is 1.77. The van der Waals surface area contributed by atoms with Crippen molar-refractivity contribution < 1.29 is 13.2 Å². The molecule has 2 aromatic carbocycles. The molecule has 7 nitrogen and oxygen atoms in total. The number of urea groups is 1. The molecule has 0 radical (unpaired) electrons. The van der Waals surface area contributed by atoms with Crippen LogP contribution < -0.4 is 4.90 Å². The molecule has 10 heteroatoms. The number of halogens is 2. The maximum atomic E-state index is 13.3. The lowest BCUT2D eigenvalue weighted by molar-refractivity contribution is 0.225. The summed E-state index contributed by atoms with van der Waals surface area (Å²) in [7, 11) is -2.53. The highest BCUT2D eigenvalue weighted by molar-refractivity contribution is 9.10. The molecule has 0 unspecified atom stereocenters. The van der Waals surface area contributed by atoms with E-state index in [1.165, 1.54) is 15.8 Å². The van der Waals surface area contributed by atoms with Gasteiger partial charge < -0.3 is 0 Å². The van der Waals surface area contributed by atoms with Crippen molar-refractivity contribution in [2.24, 2.45) is 7.05 Å². The first-order valence-electron chi connectivity index (χ1n) is 8.62. The third kappa shape index (κ3) is 3.65. The molecule has 1 aliphatic rings. The number of hydrogen-bond acceptors (Lipinski definition) is 4. The van der Waals surface area contributed by atoms with E-state index in [0.29, 0.717) is 10.6 Å².